The van der Waals surface area contributed by atoms with Crippen LogP contribution in [0.3, 0.4) is 0 Å². The number of aliphatic hydroxyl groups excluding tert-OH is 1. The van der Waals surface area contributed by atoms with Gasteiger partial charge in [-0.05, 0) is 32.2 Å². The van der Waals surface area contributed by atoms with Crippen LogP contribution < -0.4 is 5.32 Å². The largest absolute Gasteiger partial charge is 0.394 e. The summed E-state index contributed by atoms with van der Waals surface area (Å²) in [6.45, 7) is 10.9. The van der Waals surface area contributed by atoms with Crippen molar-refractivity contribution in [2.24, 2.45) is 5.92 Å². The van der Waals surface area contributed by atoms with Gasteiger partial charge in [0.1, 0.15) is 0 Å². The lowest BCUT2D eigenvalue weighted by molar-refractivity contribution is 0.0402. The van der Waals surface area contributed by atoms with Crippen molar-refractivity contribution in [2.45, 2.75) is 46.1 Å². The topological polar surface area (TPSA) is 41.5 Å². The molecule has 0 saturated heterocycles. The van der Waals surface area contributed by atoms with Crippen LogP contribution >= 0.6 is 0 Å². The lowest BCUT2D eigenvalue weighted by Gasteiger charge is -2.28. The van der Waals surface area contributed by atoms with Gasteiger partial charge in [0.25, 0.3) is 0 Å². The second kappa shape index (κ2) is 8.08. The van der Waals surface area contributed by atoms with Gasteiger partial charge < -0.3 is 15.2 Å². The first-order valence-electron chi connectivity index (χ1n) is 5.97. The van der Waals surface area contributed by atoms with E-state index < -0.39 is 0 Å². The molecule has 0 amide bonds. The van der Waals surface area contributed by atoms with E-state index in [1.54, 1.807) is 0 Å². The molecule has 0 aliphatic rings. The third-order valence-electron chi connectivity index (χ3n) is 2.41. The number of hydrogen-bond acceptors (Lipinski definition) is 3. The Bertz CT molecular complexity index is 151. The van der Waals surface area contributed by atoms with Gasteiger partial charge in [0.05, 0.1) is 18.8 Å². The van der Waals surface area contributed by atoms with Crippen molar-refractivity contribution in [2.75, 3.05) is 26.4 Å². The molecule has 1 atom stereocenters. The Kier molecular flexibility index (Phi) is 8.02. The predicted octanol–water partition coefficient (Wildman–Crippen LogP) is 1.80. The minimum Gasteiger partial charge on any atom is -0.394 e. The molecule has 15 heavy (non-hydrogen) atoms. The molecule has 1 unspecified atom stereocenters. The van der Waals surface area contributed by atoms with Crippen LogP contribution in [0.1, 0.15) is 40.5 Å². The zero-order valence-electron chi connectivity index (χ0n) is 10.7. The van der Waals surface area contributed by atoms with E-state index in [-0.39, 0.29) is 12.1 Å². The molecular weight excluding hydrogens is 190 g/mol. The van der Waals surface area contributed by atoms with Crippen molar-refractivity contribution in [1.82, 2.24) is 5.32 Å². The fourth-order valence-electron chi connectivity index (χ4n) is 1.20. The molecule has 0 aliphatic heterocycles. The Morgan fingerprint density at radius 1 is 1.40 bits per heavy atom. The number of rotatable bonds is 9. The Morgan fingerprint density at radius 3 is 2.53 bits per heavy atom. The highest BCUT2D eigenvalue weighted by Gasteiger charge is 2.22. The standard InChI is InChI=1S/C12H27NO2/c1-5-7-13-12(4,9-14)10-15-8-6-11(2)3/h11,13-14H,5-10H2,1-4H3. The normalized spacial score (nSPS) is 15.6. The number of nitrogens with one attached hydrogen (secondary N) is 1. The van der Waals surface area contributed by atoms with E-state index in [1.165, 1.54) is 0 Å². The van der Waals surface area contributed by atoms with Crippen LogP contribution in [0.5, 0.6) is 0 Å². The van der Waals surface area contributed by atoms with Crippen LogP contribution in [0, 0.1) is 5.92 Å². The summed E-state index contributed by atoms with van der Waals surface area (Å²) in [6.07, 6.45) is 2.15. The number of hydrogen-bond donors (Lipinski definition) is 2. The van der Waals surface area contributed by atoms with Gasteiger partial charge in [-0.2, -0.15) is 0 Å². The zero-order chi connectivity index (χ0) is 11.7. The minimum absolute atomic E-state index is 0.120. The Hall–Kier alpha value is -0.120. The van der Waals surface area contributed by atoms with E-state index in [0.29, 0.717) is 12.5 Å². The van der Waals surface area contributed by atoms with Crippen molar-refractivity contribution in [3.8, 4) is 0 Å². The average Bonchev–Trinajstić information content (AvgIpc) is 2.21. The third kappa shape index (κ3) is 7.77. The first-order valence-corrected chi connectivity index (χ1v) is 5.97. The molecule has 3 nitrogen and oxygen atoms in total. The molecule has 0 rings (SSSR count). The predicted molar refractivity (Wildman–Crippen MR) is 64.1 cm³/mol. The Balaban J connectivity index is 3.67. The quantitative estimate of drug-likeness (QED) is 0.579. The van der Waals surface area contributed by atoms with E-state index in [9.17, 15) is 5.11 Å². The van der Waals surface area contributed by atoms with Gasteiger partial charge in [-0.15, -0.1) is 0 Å². The van der Waals surface area contributed by atoms with Gasteiger partial charge in [0.15, 0.2) is 0 Å². The SMILES string of the molecule is CCCNC(C)(CO)COCCC(C)C. The van der Waals surface area contributed by atoms with Gasteiger partial charge in [0, 0.05) is 6.61 Å². The fraction of sp³-hybridized carbons (Fsp3) is 1.00. The maximum Gasteiger partial charge on any atom is 0.0668 e. The first-order chi connectivity index (χ1) is 7.04. The van der Waals surface area contributed by atoms with Crippen LogP contribution in [-0.2, 0) is 4.74 Å². The number of aliphatic hydroxyl groups is 1. The Morgan fingerprint density at radius 2 is 2.07 bits per heavy atom. The van der Waals surface area contributed by atoms with Crippen molar-refractivity contribution in [1.29, 1.82) is 0 Å². The maximum atomic E-state index is 9.28. The molecule has 2 N–H and O–H groups in total. The van der Waals surface area contributed by atoms with Gasteiger partial charge in [-0.3, -0.25) is 0 Å². The second-order valence-corrected chi connectivity index (χ2v) is 4.88. The van der Waals surface area contributed by atoms with Gasteiger partial charge >= 0.3 is 0 Å². The average molecular weight is 217 g/mol. The summed E-state index contributed by atoms with van der Waals surface area (Å²) in [5.41, 5.74) is -0.285. The van der Waals surface area contributed by atoms with Gasteiger partial charge in [-0.25, -0.2) is 0 Å². The van der Waals surface area contributed by atoms with Crippen LogP contribution in [0.4, 0.5) is 0 Å². The lowest BCUT2D eigenvalue weighted by atomic mass is 10.1. The molecule has 0 fully saturated rings. The van der Waals surface area contributed by atoms with E-state index >= 15 is 0 Å². The smallest absolute Gasteiger partial charge is 0.0668 e. The van der Waals surface area contributed by atoms with Crippen molar-refractivity contribution < 1.29 is 9.84 Å². The van der Waals surface area contributed by atoms with E-state index in [0.717, 1.165) is 26.0 Å². The van der Waals surface area contributed by atoms with Crippen LogP contribution in [0.2, 0.25) is 0 Å². The van der Waals surface area contributed by atoms with Gasteiger partial charge in [-0.1, -0.05) is 20.8 Å². The molecule has 0 spiro atoms. The Labute approximate surface area is 94.2 Å². The van der Waals surface area contributed by atoms with Crippen molar-refractivity contribution in [3.63, 3.8) is 0 Å². The van der Waals surface area contributed by atoms with E-state index in [4.69, 9.17) is 4.74 Å². The zero-order valence-corrected chi connectivity index (χ0v) is 10.7. The molecule has 0 aromatic heterocycles. The fourth-order valence-corrected chi connectivity index (χ4v) is 1.20. The second-order valence-electron chi connectivity index (χ2n) is 4.88. The van der Waals surface area contributed by atoms with Crippen LogP contribution in [0.25, 0.3) is 0 Å². The molecule has 0 aliphatic carbocycles. The molecule has 3 heteroatoms. The summed E-state index contributed by atoms with van der Waals surface area (Å²) in [5.74, 6) is 0.675. The summed E-state index contributed by atoms with van der Waals surface area (Å²) in [5, 5.41) is 12.6. The van der Waals surface area contributed by atoms with Crippen LogP contribution in [-0.4, -0.2) is 37.0 Å². The van der Waals surface area contributed by atoms with E-state index in [2.05, 4.69) is 26.1 Å². The highest BCUT2D eigenvalue weighted by Crippen LogP contribution is 2.05. The van der Waals surface area contributed by atoms with Crippen molar-refractivity contribution in [3.05, 3.63) is 0 Å². The van der Waals surface area contributed by atoms with Crippen LogP contribution in [0.15, 0.2) is 0 Å². The minimum atomic E-state index is -0.285. The molecule has 0 saturated carbocycles. The monoisotopic (exact) mass is 217 g/mol. The summed E-state index contributed by atoms with van der Waals surface area (Å²) in [6, 6.07) is 0. The maximum absolute atomic E-state index is 9.28. The molecule has 0 bridgehead atoms. The molecule has 92 valence electrons. The summed E-state index contributed by atoms with van der Waals surface area (Å²) in [7, 11) is 0. The molecule has 0 aromatic carbocycles. The number of ether oxygens (including phenoxy) is 1. The highest BCUT2D eigenvalue weighted by atomic mass is 16.5. The molecule has 0 heterocycles. The van der Waals surface area contributed by atoms with E-state index in [1.807, 2.05) is 6.92 Å². The summed E-state index contributed by atoms with van der Waals surface area (Å²) >= 11 is 0. The van der Waals surface area contributed by atoms with Crippen molar-refractivity contribution >= 4 is 0 Å². The first kappa shape index (κ1) is 14.9. The summed E-state index contributed by atoms with van der Waals surface area (Å²) in [4.78, 5) is 0. The molecule has 0 radical (unpaired) electrons. The molecular formula is C12H27NO2. The summed E-state index contributed by atoms with van der Waals surface area (Å²) < 4.78 is 5.58. The highest BCUT2D eigenvalue weighted by molar-refractivity contribution is 4.81. The lowest BCUT2D eigenvalue weighted by Crippen LogP contribution is -2.50. The van der Waals surface area contributed by atoms with Gasteiger partial charge in [0.2, 0.25) is 0 Å². The third-order valence-corrected chi connectivity index (χ3v) is 2.41. The molecule has 0 aromatic rings.